The number of hydrogen-bond acceptors (Lipinski definition) is 3. The minimum absolute atomic E-state index is 0.0347. The fraction of sp³-hybridized carbons (Fsp3) is 0.462. The van der Waals surface area contributed by atoms with Crippen LogP contribution in [0.2, 0.25) is 28.2 Å². The van der Waals surface area contributed by atoms with Crippen molar-refractivity contribution in [2.24, 2.45) is 0 Å². The minimum atomic E-state index is -2.08. The molecule has 2 aliphatic rings. The largest absolute Gasteiger partial charge is 0.412 e. The normalized spacial score (nSPS) is 25.2. The van der Waals surface area contributed by atoms with E-state index in [1.165, 1.54) is 0 Å². The Hall–Kier alpha value is -1.18. The van der Waals surface area contributed by atoms with Crippen LogP contribution >= 0.6 is 39.1 Å². The molecule has 2 fully saturated rings. The highest BCUT2D eigenvalue weighted by molar-refractivity contribution is 9.10. The Morgan fingerprint density at radius 2 is 1.68 bits per heavy atom. The van der Waals surface area contributed by atoms with Crippen molar-refractivity contribution in [3.8, 4) is 0 Å². The Labute approximate surface area is 221 Å². The van der Waals surface area contributed by atoms with Crippen molar-refractivity contribution in [2.75, 3.05) is 6.54 Å². The van der Waals surface area contributed by atoms with E-state index < -0.39 is 19.8 Å². The number of ketones is 1. The lowest BCUT2D eigenvalue weighted by Crippen LogP contribution is -2.46. The molecule has 34 heavy (non-hydrogen) atoms. The summed E-state index contributed by atoms with van der Waals surface area (Å²) in [5, 5.41) is 0.861. The molecule has 2 heterocycles. The predicted octanol–water partition coefficient (Wildman–Crippen LogP) is 7.03. The maximum Gasteiger partial charge on any atom is 0.238 e. The zero-order chi connectivity index (χ0) is 25.1. The molecule has 3 unspecified atom stereocenters. The summed E-state index contributed by atoms with van der Waals surface area (Å²) in [5.74, 6) is -1.19. The van der Waals surface area contributed by atoms with E-state index in [-0.39, 0.29) is 22.8 Å². The molecule has 2 aromatic carbocycles. The van der Waals surface area contributed by atoms with Crippen molar-refractivity contribution in [1.82, 2.24) is 4.90 Å². The van der Waals surface area contributed by atoms with Crippen molar-refractivity contribution in [2.45, 2.75) is 69.3 Å². The summed E-state index contributed by atoms with van der Waals surface area (Å²) >= 11 is 15.9. The zero-order valence-electron chi connectivity index (χ0n) is 20.1. The van der Waals surface area contributed by atoms with Gasteiger partial charge in [-0.1, -0.05) is 72.0 Å². The number of benzene rings is 2. The van der Waals surface area contributed by atoms with Crippen LogP contribution < -0.4 is 0 Å². The van der Waals surface area contributed by atoms with Crippen LogP contribution in [0.15, 0.2) is 46.9 Å². The van der Waals surface area contributed by atoms with Gasteiger partial charge in [-0.3, -0.25) is 9.59 Å². The Bertz CT molecular complexity index is 1110. The highest BCUT2D eigenvalue weighted by atomic mass is 79.9. The summed E-state index contributed by atoms with van der Waals surface area (Å²) in [7, 11) is -2.08. The second-order valence-corrected chi connectivity index (χ2v) is 17.5. The molecule has 0 spiro atoms. The van der Waals surface area contributed by atoms with Gasteiger partial charge in [-0.05, 0) is 59.6 Å². The van der Waals surface area contributed by atoms with E-state index in [0.717, 1.165) is 10.0 Å². The number of nitrogens with zero attached hydrogens (tertiary/aromatic N) is 1. The first-order chi connectivity index (χ1) is 15.7. The SMILES string of the molecule is CC(C)(C)[Si](C)(C)OC1CN2C(=O)C(c3cc(Cl)cc(Cl)c3)C(=O)C2(Cc2ccc(Br)cc2)C1. The van der Waals surface area contributed by atoms with E-state index in [4.69, 9.17) is 27.6 Å². The van der Waals surface area contributed by atoms with Crippen LogP contribution in [-0.2, 0) is 20.4 Å². The molecule has 0 aromatic heterocycles. The first-order valence-corrected chi connectivity index (χ1v) is 15.9. The Morgan fingerprint density at radius 1 is 1.09 bits per heavy atom. The van der Waals surface area contributed by atoms with Gasteiger partial charge in [0.05, 0.1) is 6.10 Å². The molecular weight excluding hydrogens is 553 g/mol. The summed E-state index contributed by atoms with van der Waals surface area (Å²) in [5.41, 5.74) is 0.614. The highest BCUT2D eigenvalue weighted by Gasteiger charge is 2.63. The first-order valence-electron chi connectivity index (χ1n) is 11.5. The summed E-state index contributed by atoms with van der Waals surface area (Å²) in [6.45, 7) is 11.4. The third kappa shape index (κ3) is 4.64. The van der Waals surface area contributed by atoms with Crippen molar-refractivity contribution >= 4 is 59.1 Å². The van der Waals surface area contributed by atoms with Gasteiger partial charge >= 0.3 is 0 Å². The van der Waals surface area contributed by atoms with Crippen LogP contribution in [0.25, 0.3) is 0 Å². The number of carbonyl (C=O) groups is 2. The summed E-state index contributed by atoms with van der Waals surface area (Å²) in [6, 6.07) is 12.9. The molecule has 3 atom stereocenters. The van der Waals surface area contributed by atoms with E-state index in [0.29, 0.717) is 35.0 Å². The number of fused-ring (bicyclic) bond motifs is 1. The molecule has 2 saturated heterocycles. The second kappa shape index (κ2) is 9.04. The van der Waals surface area contributed by atoms with Gasteiger partial charge in [0.25, 0.3) is 0 Å². The van der Waals surface area contributed by atoms with Gasteiger partial charge in [0.2, 0.25) is 5.91 Å². The summed E-state index contributed by atoms with van der Waals surface area (Å²) in [4.78, 5) is 29.6. The summed E-state index contributed by atoms with van der Waals surface area (Å²) in [6.07, 6.45) is 0.769. The highest BCUT2D eigenvalue weighted by Crippen LogP contribution is 2.48. The lowest BCUT2D eigenvalue weighted by atomic mass is 9.80. The quantitative estimate of drug-likeness (QED) is 0.281. The smallest absolute Gasteiger partial charge is 0.238 e. The van der Waals surface area contributed by atoms with Crippen molar-refractivity contribution in [3.05, 3.63) is 68.1 Å². The molecule has 0 radical (unpaired) electrons. The number of Topliss-reactive ketones (excluding diaryl/α,β-unsaturated/α-hetero) is 1. The number of carbonyl (C=O) groups excluding carboxylic acids is 2. The van der Waals surface area contributed by atoms with Crippen LogP contribution in [0.5, 0.6) is 0 Å². The fourth-order valence-electron chi connectivity index (χ4n) is 4.90. The van der Waals surface area contributed by atoms with Gasteiger partial charge in [0, 0.05) is 33.9 Å². The van der Waals surface area contributed by atoms with E-state index in [1.807, 2.05) is 24.3 Å². The Balaban J connectivity index is 1.73. The standard InChI is InChI=1S/C26H30BrCl2NO3Si/c1-25(2,3)34(4,5)33-21-14-26(13-16-6-8-18(27)9-7-16)23(31)22(24(32)30(26)15-21)17-10-19(28)12-20(29)11-17/h6-12,21-22H,13-15H2,1-5H3. The molecule has 4 rings (SSSR count). The van der Waals surface area contributed by atoms with E-state index >= 15 is 0 Å². The van der Waals surface area contributed by atoms with Crippen molar-refractivity contribution < 1.29 is 14.0 Å². The fourth-order valence-corrected chi connectivity index (χ4v) is 7.06. The first kappa shape index (κ1) is 25.9. The van der Waals surface area contributed by atoms with Crippen LogP contribution in [0, 0.1) is 0 Å². The third-order valence-electron chi connectivity index (χ3n) is 7.60. The lowest BCUT2D eigenvalue weighted by molar-refractivity contribution is -0.131. The van der Waals surface area contributed by atoms with Crippen LogP contribution in [0.3, 0.4) is 0 Å². The molecular formula is C26H30BrCl2NO3Si. The number of halogens is 3. The molecule has 182 valence electrons. The van der Waals surface area contributed by atoms with Crippen LogP contribution in [0.4, 0.5) is 0 Å². The monoisotopic (exact) mass is 581 g/mol. The molecule has 4 nitrogen and oxygen atoms in total. The molecule has 2 aromatic rings. The Kier molecular flexibility index (Phi) is 6.88. The average Bonchev–Trinajstić information content (AvgIpc) is 3.14. The van der Waals surface area contributed by atoms with Crippen molar-refractivity contribution in [1.29, 1.82) is 0 Å². The van der Waals surface area contributed by atoms with Gasteiger partial charge < -0.3 is 9.33 Å². The van der Waals surface area contributed by atoms with Crippen LogP contribution in [0.1, 0.15) is 44.2 Å². The van der Waals surface area contributed by atoms with Gasteiger partial charge in [-0.2, -0.15) is 0 Å². The molecule has 0 N–H and O–H groups in total. The lowest BCUT2D eigenvalue weighted by Gasteiger charge is -2.38. The molecule has 8 heteroatoms. The van der Waals surface area contributed by atoms with Gasteiger partial charge in [0.15, 0.2) is 14.1 Å². The third-order valence-corrected chi connectivity index (χ3v) is 13.1. The number of amides is 1. The zero-order valence-corrected chi connectivity index (χ0v) is 24.2. The van der Waals surface area contributed by atoms with Crippen LogP contribution in [-0.4, -0.2) is 43.1 Å². The molecule has 1 amide bonds. The predicted molar refractivity (Wildman–Crippen MR) is 143 cm³/mol. The second-order valence-electron chi connectivity index (χ2n) is 11.0. The molecule has 0 saturated carbocycles. The van der Waals surface area contributed by atoms with E-state index in [2.05, 4.69) is 49.8 Å². The Morgan fingerprint density at radius 3 is 2.24 bits per heavy atom. The number of hydrogen-bond donors (Lipinski definition) is 0. The molecule has 2 aliphatic heterocycles. The maximum absolute atomic E-state index is 14.1. The van der Waals surface area contributed by atoms with Crippen molar-refractivity contribution in [3.63, 3.8) is 0 Å². The van der Waals surface area contributed by atoms with E-state index in [9.17, 15) is 9.59 Å². The molecule has 0 aliphatic carbocycles. The minimum Gasteiger partial charge on any atom is -0.412 e. The number of rotatable bonds is 5. The average molecular weight is 583 g/mol. The maximum atomic E-state index is 14.1. The molecule has 0 bridgehead atoms. The van der Waals surface area contributed by atoms with Gasteiger partial charge in [-0.15, -0.1) is 0 Å². The van der Waals surface area contributed by atoms with Gasteiger partial charge in [0.1, 0.15) is 11.5 Å². The van der Waals surface area contributed by atoms with E-state index in [1.54, 1.807) is 23.1 Å². The summed E-state index contributed by atoms with van der Waals surface area (Å²) < 4.78 is 7.67. The van der Waals surface area contributed by atoms with Gasteiger partial charge in [-0.25, -0.2) is 0 Å². The topological polar surface area (TPSA) is 46.6 Å².